The minimum atomic E-state index is 0.689. The summed E-state index contributed by atoms with van der Waals surface area (Å²) in [6.07, 6.45) is 6.23. The van der Waals surface area contributed by atoms with Crippen LogP contribution >= 0.6 is 11.8 Å². The van der Waals surface area contributed by atoms with Crippen molar-refractivity contribution >= 4 is 11.8 Å². The first-order valence-corrected chi connectivity index (χ1v) is 7.57. The second kappa shape index (κ2) is 6.31. The van der Waals surface area contributed by atoms with E-state index < -0.39 is 0 Å². The van der Waals surface area contributed by atoms with Crippen LogP contribution in [0.3, 0.4) is 0 Å². The molecule has 0 spiro atoms. The Balaban J connectivity index is 1.89. The monoisotopic (exact) mass is 235 g/mol. The van der Waals surface area contributed by atoms with Crippen molar-refractivity contribution in [2.45, 2.75) is 31.2 Å². The molecule has 0 heterocycles. The first kappa shape index (κ1) is 12.0. The lowest BCUT2D eigenvalue weighted by atomic mass is 9.96. The van der Waals surface area contributed by atoms with Crippen molar-refractivity contribution < 1.29 is 0 Å². The van der Waals surface area contributed by atoms with Crippen LogP contribution in [-0.4, -0.2) is 24.6 Å². The Hall–Kier alpha value is -0.470. The highest BCUT2D eigenvalue weighted by atomic mass is 32.2. The summed E-state index contributed by atoms with van der Waals surface area (Å²) < 4.78 is 0. The highest BCUT2D eigenvalue weighted by molar-refractivity contribution is 7.98. The summed E-state index contributed by atoms with van der Waals surface area (Å²) in [6, 6.07) is 11.8. The van der Waals surface area contributed by atoms with E-state index in [1.807, 2.05) is 11.8 Å². The smallest absolute Gasteiger partial charge is 0.00684 e. The van der Waals surface area contributed by atoms with E-state index in [0.717, 1.165) is 12.6 Å². The predicted molar refractivity (Wildman–Crippen MR) is 73.2 cm³/mol. The summed E-state index contributed by atoms with van der Waals surface area (Å²) in [4.78, 5) is 0. The summed E-state index contributed by atoms with van der Waals surface area (Å²) >= 11 is 1.95. The predicted octanol–water partition coefficient (Wildman–Crippen LogP) is 3.28. The number of benzene rings is 1. The van der Waals surface area contributed by atoms with Crippen LogP contribution < -0.4 is 5.32 Å². The summed E-state index contributed by atoms with van der Waals surface area (Å²) in [7, 11) is 0. The van der Waals surface area contributed by atoms with E-state index in [2.05, 4.69) is 41.9 Å². The summed E-state index contributed by atoms with van der Waals surface area (Å²) in [5.74, 6) is 1.94. The molecule has 1 aliphatic carbocycles. The summed E-state index contributed by atoms with van der Waals surface area (Å²) in [6.45, 7) is 1.15. The highest BCUT2D eigenvalue weighted by Crippen LogP contribution is 2.24. The van der Waals surface area contributed by atoms with Gasteiger partial charge in [-0.3, -0.25) is 0 Å². The normalized spacial score (nSPS) is 17.3. The number of nitrogens with one attached hydrogen (secondary N) is 1. The zero-order valence-corrected chi connectivity index (χ0v) is 10.8. The topological polar surface area (TPSA) is 12.0 Å². The Kier molecular flexibility index (Phi) is 4.73. The molecule has 1 saturated carbocycles. The third kappa shape index (κ3) is 3.84. The van der Waals surface area contributed by atoms with Gasteiger partial charge in [0.25, 0.3) is 0 Å². The fourth-order valence-corrected chi connectivity index (χ4v) is 2.49. The number of hydrogen-bond acceptors (Lipinski definition) is 2. The molecule has 0 bridgehead atoms. The third-order valence-corrected chi connectivity index (χ3v) is 3.82. The molecule has 0 aromatic heterocycles. The van der Waals surface area contributed by atoms with Crippen molar-refractivity contribution in [1.82, 2.24) is 5.32 Å². The van der Waals surface area contributed by atoms with Crippen molar-refractivity contribution in [3.05, 3.63) is 35.9 Å². The van der Waals surface area contributed by atoms with E-state index >= 15 is 0 Å². The fraction of sp³-hybridized carbons (Fsp3) is 0.571. The largest absolute Gasteiger partial charge is 0.313 e. The molecule has 0 radical (unpaired) electrons. The molecular formula is C14H21NS. The van der Waals surface area contributed by atoms with E-state index in [9.17, 15) is 0 Å². The van der Waals surface area contributed by atoms with E-state index in [4.69, 9.17) is 0 Å². The second-order valence-corrected chi connectivity index (χ2v) is 5.56. The van der Waals surface area contributed by atoms with Gasteiger partial charge in [-0.15, -0.1) is 0 Å². The van der Waals surface area contributed by atoms with Crippen LogP contribution in [-0.2, 0) is 0 Å². The zero-order chi connectivity index (χ0) is 11.2. The van der Waals surface area contributed by atoms with Gasteiger partial charge in [-0.1, -0.05) is 30.3 Å². The van der Waals surface area contributed by atoms with Gasteiger partial charge in [-0.25, -0.2) is 0 Å². The van der Waals surface area contributed by atoms with Crippen molar-refractivity contribution in [3.8, 4) is 0 Å². The summed E-state index contributed by atoms with van der Waals surface area (Å²) in [5.41, 5.74) is 1.49. The molecule has 88 valence electrons. The van der Waals surface area contributed by atoms with Gasteiger partial charge < -0.3 is 5.32 Å². The van der Waals surface area contributed by atoms with E-state index in [-0.39, 0.29) is 0 Å². The van der Waals surface area contributed by atoms with Gasteiger partial charge in [0.1, 0.15) is 0 Å². The Bertz CT molecular complexity index is 295. The van der Waals surface area contributed by atoms with Gasteiger partial charge in [0.15, 0.2) is 0 Å². The van der Waals surface area contributed by atoms with Gasteiger partial charge in [-0.05, 0) is 42.8 Å². The van der Waals surface area contributed by atoms with Crippen molar-refractivity contribution in [2.75, 3.05) is 18.6 Å². The molecule has 0 amide bonds. The first-order valence-electron chi connectivity index (χ1n) is 6.17. The second-order valence-electron chi connectivity index (χ2n) is 4.57. The minimum absolute atomic E-state index is 0.689. The molecule has 1 nitrogen and oxygen atoms in total. The molecule has 16 heavy (non-hydrogen) atoms. The van der Waals surface area contributed by atoms with Crippen LogP contribution in [0, 0.1) is 0 Å². The molecule has 1 aromatic carbocycles. The lowest BCUT2D eigenvalue weighted by Gasteiger charge is -2.17. The average molecular weight is 235 g/mol. The lowest BCUT2D eigenvalue weighted by Crippen LogP contribution is -2.24. The maximum Gasteiger partial charge on any atom is 0.00684 e. The lowest BCUT2D eigenvalue weighted by molar-refractivity contribution is 0.570. The standard InChI is InChI=1S/C14H21NS/c1-16-10-9-13(11-15-14-7-8-14)12-5-3-2-4-6-12/h2-6,13-15H,7-11H2,1H3. The van der Waals surface area contributed by atoms with Crippen LogP contribution in [0.15, 0.2) is 30.3 Å². The van der Waals surface area contributed by atoms with Gasteiger partial charge in [-0.2, -0.15) is 11.8 Å². The molecule has 1 aliphatic rings. The Labute approximate surface area is 103 Å². The average Bonchev–Trinajstić information content (AvgIpc) is 3.14. The van der Waals surface area contributed by atoms with Gasteiger partial charge in [0, 0.05) is 12.6 Å². The molecule has 1 atom stereocenters. The summed E-state index contributed by atoms with van der Waals surface area (Å²) in [5, 5.41) is 3.65. The maximum absolute atomic E-state index is 3.65. The highest BCUT2D eigenvalue weighted by Gasteiger charge is 2.22. The quantitative estimate of drug-likeness (QED) is 0.778. The number of thioether (sulfide) groups is 1. The van der Waals surface area contributed by atoms with Crippen molar-refractivity contribution in [1.29, 1.82) is 0 Å². The van der Waals surface area contributed by atoms with Gasteiger partial charge in [0.05, 0.1) is 0 Å². The van der Waals surface area contributed by atoms with Crippen LogP contribution in [0.1, 0.15) is 30.7 Å². The molecule has 1 aromatic rings. The number of hydrogen-bond donors (Lipinski definition) is 1. The maximum atomic E-state index is 3.65. The molecule has 0 aliphatic heterocycles. The van der Waals surface area contributed by atoms with Gasteiger partial charge >= 0.3 is 0 Å². The fourth-order valence-electron chi connectivity index (χ4n) is 1.97. The molecular weight excluding hydrogens is 214 g/mol. The Morgan fingerprint density at radius 1 is 1.31 bits per heavy atom. The zero-order valence-electron chi connectivity index (χ0n) is 9.99. The van der Waals surface area contributed by atoms with Crippen LogP contribution in [0.2, 0.25) is 0 Å². The van der Waals surface area contributed by atoms with E-state index in [0.29, 0.717) is 5.92 Å². The van der Waals surface area contributed by atoms with Crippen LogP contribution in [0.25, 0.3) is 0 Å². The first-order chi connectivity index (χ1) is 7.90. The molecule has 1 unspecified atom stereocenters. The molecule has 1 fully saturated rings. The molecule has 2 rings (SSSR count). The minimum Gasteiger partial charge on any atom is -0.313 e. The van der Waals surface area contributed by atoms with E-state index in [1.54, 1.807) is 0 Å². The Morgan fingerprint density at radius 2 is 2.06 bits per heavy atom. The van der Waals surface area contributed by atoms with Crippen molar-refractivity contribution in [3.63, 3.8) is 0 Å². The third-order valence-electron chi connectivity index (χ3n) is 3.17. The van der Waals surface area contributed by atoms with Gasteiger partial charge in [0.2, 0.25) is 0 Å². The van der Waals surface area contributed by atoms with Crippen molar-refractivity contribution in [2.24, 2.45) is 0 Å². The number of rotatable bonds is 7. The SMILES string of the molecule is CSCCC(CNC1CC1)c1ccccc1. The molecule has 2 heteroatoms. The Morgan fingerprint density at radius 3 is 2.69 bits per heavy atom. The van der Waals surface area contributed by atoms with E-state index in [1.165, 1.54) is 30.6 Å². The van der Waals surface area contributed by atoms with Crippen LogP contribution in [0.5, 0.6) is 0 Å². The van der Waals surface area contributed by atoms with Crippen LogP contribution in [0.4, 0.5) is 0 Å². The molecule has 0 saturated heterocycles. The molecule has 1 N–H and O–H groups in total.